The highest BCUT2D eigenvalue weighted by atomic mass is 19.1. The van der Waals surface area contributed by atoms with Crippen LogP contribution >= 0.6 is 0 Å². The van der Waals surface area contributed by atoms with Gasteiger partial charge in [0.25, 0.3) is 5.91 Å². The quantitative estimate of drug-likeness (QED) is 0.735. The second-order valence-electron chi connectivity index (χ2n) is 5.74. The number of carbonyl (C=O) groups excluding carboxylic acids is 1. The van der Waals surface area contributed by atoms with Crippen molar-refractivity contribution in [3.63, 3.8) is 0 Å². The van der Waals surface area contributed by atoms with E-state index in [9.17, 15) is 9.18 Å². The van der Waals surface area contributed by atoms with Gasteiger partial charge in [-0.25, -0.2) is 9.37 Å². The molecule has 0 saturated carbocycles. The zero-order valence-electron chi connectivity index (χ0n) is 13.8. The summed E-state index contributed by atoms with van der Waals surface area (Å²) in [6.45, 7) is 2.47. The molecule has 126 valence electrons. The van der Waals surface area contributed by atoms with E-state index in [1.54, 1.807) is 30.5 Å². The molecule has 5 heteroatoms. The van der Waals surface area contributed by atoms with Gasteiger partial charge in [0.15, 0.2) is 0 Å². The van der Waals surface area contributed by atoms with Gasteiger partial charge < -0.3 is 10.6 Å². The Labute approximate surface area is 145 Å². The van der Waals surface area contributed by atoms with E-state index in [0.717, 1.165) is 22.5 Å². The van der Waals surface area contributed by atoms with Gasteiger partial charge >= 0.3 is 0 Å². The van der Waals surface area contributed by atoms with E-state index in [-0.39, 0.29) is 11.7 Å². The molecule has 1 aromatic heterocycles. The number of anilines is 2. The van der Waals surface area contributed by atoms with E-state index in [0.29, 0.717) is 12.2 Å². The third kappa shape index (κ3) is 4.64. The van der Waals surface area contributed by atoms with Crippen LogP contribution in [0.15, 0.2) is 66.9 Å². The molecule has 3 rings (SSSR count). The predicted octanol–water partition coefficient (Wildman–Crippen LogP) is 4.20. The van der Waals surface area contributed by atoms with Gasteiger partial charge in [0.2, 0.25) is 0 Å². The molecule has 0 bridgehead atoms. The third-order valence-electron chi connectivity index (χ3n) is 3.66. The molecule has 0 fully saturated rings. The van der Waals surface area contributed by atoms with E-state index in [1.807, 2.05) is 31.2 Å². The molecule has 0 radical (unpaired) electrons. The van der Waals surface area contributed by atoms with Gasteiger partial charge in [0.1, 0.15) is 11.5 Å². The number of hydrogen-bond acceptors (Lipinski definition) is 3. The summed E-state index contributed by atoms with van der Waals surface area (Å²) in [5.41, 5.74) is 4.02. The number of benzene rings is 2. The Morgan fingerprint density at radius 2 is 1.80 bits per heavy atom. The third-order valence-corrected chi connectivity index (χ3v) is 3.66. The molecule has 1 amide bonds. The maximum Gasteiger partial charge on any atom is 0.270 e. The Morgan fingerprint density at radius 1 is 1.04 bits per heavy atom. The summed E-state index contributed by atoms with van der Waals surface area (Å²) in [6, 6.07) is 17.4. The summed E-state index contributed by atoms with van der Waals surface area (Å²) in [5.74, 6) is -0.515. The SMILES string of the molecule is Cc1cccc(CNC(=O)c2ccc(Nc3ccc(F)cc3)cn2)c1. The monoisotopic (exact) mass is 335 g/mol. The number of nitrogens with zero attached hydrogens (tertiary/aromatic N) is 1. The van der Waals surface area contributed by atoms with Gasteiger partial charge in [0.05, 0.1) is 11.9 Å². The molecule has 2 aromatic carbocycles. The van der Waals surface area contributed by atoms with Crippen LogP contribution in [0.2, 0.25) is 0 Å². The Bertz CT molecular complexity index is 861. The molecule has 2 N–H and O–H groups in total. The van der Waals surface area contributed by atoms with Crippen LogP contribution in [0.1, 0.15) is 21.6 Å². The van der Waals surface area contributed by atoms with E-state index in [1.165, 1.54) is 12.1 Å². The second kappa shape index (κ2) is 7.57. The van der Waals surface area contributed by atoms with Gasteiger partial charge in [-0.2, -0.15) is 0 Å². The number of nitrogens with one attached hydrogen (secondary N) is 2. The van der Waals surface area contributed by atoms with Crippen molar-refractivity contribution < 1.29 is 9.18 Å². The van der Waals surface area contributed by atoms with Crippen LogP contribution in [0.25, 0.3) is 0 Å². The summed E-state index contributed by atoms with van der Waals surface area (Å²) in [7, 11) is 0. The Balaban J connectivity index is 1.59. The highest BCUT2D eigenvalue weighted by Crippen LogP contribution is 2.16. The zero-order valence-corrected chi connectivity index (χ0v) is 13.8. The molecule has 0 aliphatic rings. The topological polar surface area (TPSA) is 54.0 Å². The lowest BCUT2D eigenvalue weighted by molar-refractivity contribution is 0.0946. The first-order valence-corrected chi connectivity index (χ1v) is 7.92. The number of amides is 1. The lowest BCUT2D eigenvalue weighted by Gasteiger charge is -2.08. The summed E-state index contributed by atoms with van der Waals surface area (Å²) < 4.78 is 12.9. The van der Waals surface area contributed by atoms with Crippen molar-refractivity contribution in [2.24, 2.45) is 0 Å². The molecular formula is C20H18FN3O. The van der Waals surface area contributed by atoms with Gasteiger partial charge in [-0.3, -0.25) is 4.79 Å². The molecule has 4 nitrogen and oxygen atoms in total. The fourth-order valence-corrected chi connectivity index (χ4v) is 2.40. The lowest BCUT2D eigenvalue weighted by Crippen LogP contribution is -2.23. The smallest absolute Gasteiger partial charge is 0.270 e. The maximum atomic E-state index is 12.9. The number of halogens is 1. The standard InChI is InChI=1S/C20H18FN3O/c1-14-3-2-4-15(11-14)12-23-20(25)19-10-9-18(13-22-19)24-17-7-5-16(21)6-8-17/h2-11,13,24H,12H2,1H3,(H,23,25). The average molecular weight is 335 g/mol. The zero-order chi connectivity index (χ0) is 17.6. The van der Waals surface area contributed by atoms with Gasteiger partial charge in [0, 0.05) is 12.2 Å². The molecule has 0 saturated heterocycles. The molecular weight excluding hydrogens is 317 g/mol. The molecule has 0 aliphatic heterocycles. The van der Waals surface area contributed by atoms with Gasteiger partial charge in [-0.15, -0.1) is 0 Å². The predicted molar refractivity (Wildman–Crippen MR) is 96.3 cm³/mol. The van der Waals surface area contributed by atoms with Crippen molar-refractivity contribution in [3.05, 3.63) is 89.5 Å². The molecule has 1 heterocycles. The Kier molecular flexibility index (Phi) is 5.04. The average Bonchev–Trinajstić information content (AvgIpc) is 2.62. The van der Waals surface area contributed by atoms with Crippen LogP contribution < -0.4 is 10.6 Å². The highest BCUT2D eigenvalue weighted by molar-refractivity contribution is 5.92. The molecule has 0 spiro atoms. The van der Waals surface area contributed by atoms with Crippen molar-refractivity contribution in [1.29, 1.82) is 0 Å². The minimum Gasteiger partial charge on any atom is -0.354 e. The Hall–Kier alpha value is -3.21. The van der Waals surface area contributed by atoms with Crippen molar-refractivity contribution in [3.8, 4) is 0 Å². The second-order valence-corrected chi connectivity index (χ2v) is 5.74. The molecule has 3 aromatic rings. The van der Waals surface area contributed by atoms with Gasteiger partial charge in [-0.1, -0.05) is 29.8 Å². The van der Waals surface area contributed by atoms with E-state index >= 15 is 0 Å². The van der Waals surface area contributed by atoms with Crippen molar-refractivity contribution in [2.75, 3.05) is 5.32 Å². The van der Waals surface area contributed by atoms with Crippen molar-refractivity contribution in [1.82, 2.24) is 10.3 Å². The van der Waals surface area contributed by atoms with Crippen LogP contribution in [0.5, 0.6) is 0 Å². The normalized spacial score (nSPS) is 10.3. The fourth-order valence-electron chi connectivity index (χ4n) is 2.40. The van der Waals surface area contributed by atoms with Crippen LogP contribution in [-0.4, -0.2) is 10.9 Å². The molecule has 0 unspecified atom stereocenters. The molecule has 25 heavy (non-hydrogen) atoms. The first-order chi connectivity index (χ1) is 12.1. The van der Waals surface area contributed by atoms with Crippen LogP contribution in [0.3, 0.4) is 0 Å². The minimum atomic E-state index is -0.288. The molecule has 0 atom stereocenters. The number of rotatable bonds is 5. The van der Waals surface area contributed by atoms with Crippen molar-refractivity contribution >= 4 is 17.3 Å². The number of pyridine rings is 1. The number of carbonyl (C=O) groups is 1. The number of aryl methyl sites for hydroxylation is 1. The fraction of sp³-hybridized carbons (Fsp3) is 0.100. The summed E-state index contributed by atoms with van der Waals surface area (Å²) in [5, 5.41) is 5.95. The van der Waals surface area contributed by atoms with Crippen LogP contribution in [0.4, 0.5) is 15.8 Å². The summed E-state index contributed by atoms with van der Waals surface area (Å²) in [6.07, 6.45) is 1.57. The number of aromatic nitrogens is 1. The first kappa shape index (κ1) is 16.6. The van der Waals surface area contributed by atoms with E-state index < -0.39 is 0 Å². The maximum absolute atomic E-state index is 12.9. The van der Waals surface area contributed by atoms with Crippen LogP contribution in [0, 0.1) is 12.7 Å². The summed E-state index contributed by atoms with van der Waals surface area (Å²) >= 11 is 0. The van der Waals surface area contributed by atoms with E-state index in [2.05, 4.69) is 15.6 Å². The number of hydrogen-bond donors (Lipinski definition) is 2. The Morgan fingerprint density at radius 3 is 2.48 bits per heavy atom. The highest BCUT2D eigenvalue weighted by Gasteiger charge is 2.07. The minimum absolute atomic E-state index is 0.227. The first-order valence-electron chi connectivity index (χ1n) is 7.92. The van der Waals surface area contributed by atoms with Gasteiger partial charge in [-0.05, 0) is 48.9 Å². The summed E-state index contributed by atoms with van der Waals surface area (Å²) in [4.78, 5) is 16.3. The largest absolute Gasteiger partial charge is 0.354 e. The molecule has 0 aliphatic carbocycles. The van der Waals surface area contributed by atoms with Crippen LogP contribution in [-0.2, 0) is 6.54 Å². The van der Waals surface area contributed by atoms with Crippen molar-refractivity contribution in [2.45, 2.75) is 13.5 Å². The lowest BCUT2D eigenvalue weighted by atomic mass is 10.1. The van der Waals surface area contributed by atoms with E-state index in [4.69, 9.17) is 0 Å².